The number of benzene rings is 1. The average Bonchev–Trinajstić information content (AvgIpc) is 2.28. The smallest absolute Gasteiger partial charge is 0.0423 e. The monoisotopic (exact) mass is 302 g/mol. The Labute approximate surface area is 111 Å². The molecule has 0 saturated heterocycles. The molecule has 1 aromatic rings. The molecule has 0 aliphatic heterocycles. The summed E-state index contributed by atoms with van der Waals surface area (Å²) in [5, 5.41) is 0. The first-order valence-corrected chi connectivity index (χ1v) is 7.49. The van der Waals surface area contributed by atoms with Gasteiger partial charge in [0.15, 0.2) is 0 Å². The zero-order valence-electron chi connectivity index (χ0n) is 10.0. The van der Waals surface area contributed by atoms with Crippen LogP contribution in [0.1, 0.15) is 12.5 Å². The van der Waals surface area contributed by atoms with E-state index in [1.54, 1.807) is 0 Å². The number of nitrogens with zero attached hydrogens (tertiary/aromatic N) is 1. The predicted molar refractivity (Wildman–Crippen MR) is 78.3 cm³/mol. The molecule has 2 nitrogen and oxygen atoms in total. The molecule has 0 aliphatic carbocycles. The molecule has 90 valence electrons. The number of rotatable bonds is 5. The van der Waals surface area contributed by atoms with E-state index in [4.69, 9.17) is 5.73 Å². The van der Waals surface area contributed by atoms with Gasteiger partial charge in [-0.1, -0.05) is 22.0 Å². The van der Waals surface area contributed by atoms with Gasteiger partial charge in [-0.15, -0.1) is 0 Å². The van der Waals surface area contributed by atoms with Crippen LogP contribution < -0.4 is 10.6 Å². The van der Waals surface area contributed by atoms with Crippen molar-refractivity contribution in [1.29, 1.82) is 0 Å². The van der Waals surface area contributed by atoms with Crippen LogP contribution in [-0.4, -0.2) is 25.1 Å². The van der Waals surface area contributed by atoms with Crippen molar-refractivity contribution in [2.75, 3.05) is 24.0 Å². The lowest BCUT2D eigenvalue weighted by Gasteiger charge is -2.28. The van der Waals surface area contributed by atoms with E-state index in [1.165, 1.54) is 11.3 Å². The van der Waals surface area contributed by atoms with Crippen molar-refractivity contribution in [3.63, 3.8) is 0 Å². The molecule has 0 spiro atoms. The Bertz CT molecular complexity index is 344. The van der Waals surface area contributed by atoms with Gasteiger partial charge in [0.05, 0.1) is 0 Å². The number of anilines is 1. The van der Waals surface area contributed by atoms with Crippen molar-refractivity contribution in [2.24, 2.45) is 5.73 Å². The normalized spacial score (nSPS) is 12.6. The van der Waals surface area contributed by atoms with Crippen LogP contribution in [0.5, 0.6) is 0 Å². The first-order chi connectivity index (χ1) is 7.60. The molecule has 0 fully saturated rings. The SMILES string of the molecule is CSCC(C)N(C)c1cc(Br)ccc1CN. The molecule has 0 amide bonds. The lowest BCUT2D eigenvalue weighted by atomic mass is 10.1. The number of nitrogens with two attached hydrogens (primary N) is 1. The zero-order valence-corrected chi connectivity index (χ0v) is 12.4. The van der Waals surface area contributed by atoms with Crippen molar-refractivity contribution in [2.45, 2.75) is 19.5 Å². The van der Waals surface area contributed by atoms with E-state index in [9.17, 15) is 0 Å². The quantitative estimate of drug-likeness (QED) is 0.906. The Kier molecular flexibility index (Phi) is 5.66. The van der Waals surface area contributed by atoms with Gasteiger partial charge in [-0.25, -0.2) is 0 Å². The van der Waals surface area contributed by atoms with Crippen molar-refractivity contribution in [3.8, 4) is 0 Å². The summed E-state index contributed by atoms with van der Waals surface area (Å²) in [6.07, 6.45) is 2.13. The summed E-state index contributed by atoms with van der Waals surface area (Å²) in [6.45, 7) is 2.82. The fourth-order valence-electron chi connectivity index (χ4n) is 1.63. The summed E-state index contributed by atoms with van der Waals surface area (Å²) in [5.74, 6) is 1.12. The van der Waals surface area contributed by atoms with Crippen LogP contribution in [-0.2, 0) is 6.54 Å². The van der Waals surface area contributed by atoms with Gasteiger partial charge in [0, 0.05) is 35.5 Å². The van der Waals surface area contributed by atoms with Crippen molar-refractivity contribution in [3.05, 3.63) is 28.2 Å². The molecule has 0 aliphatic rings. The first-order valence-electron chi connectivity index (χ1n) is 5.30. The molecule has 1 aromatic carbocycles. The highest BCUT2D eigenvalue weighted by atomic mass is 79.9. The maximum atomic E-state index is 5.77. The van der Waals surface area contributed by atoms with E-state index >= 15 is 0 Å². The summed E-state index contributed by atoms with van der Waals surface area (Å²) in [6, 6.07) is 6.77. The van der Waals surface area contributed by atoms with Crippen LogP contribution in [0.2, 0.25) is 0 Å². The summed E-state index contributed by atoms with van der Waals surface area (Å²) >= 11 is 5.37. The van der Waals surface area contributed by atoms with Crippen LogP contribution >= 0.6 is 27.7 Å². The molecule has 4 heteroatoms. The second-order valence-corrected chi connectivity index (χ2v) is 5.72. The highest BCUT2D eigenvalue weighted by molar-refractivity contribution is 9.10. The number of hydrogen-bond acceptors (Lipinski definition) is 3. The summed E-state index contributed by atoms with van der Waals surface area (Å²) < 4.78 is 1.10. The van der Waals surface area contributed by atoms with Gasteiger partial charge in [-0.05, 0) is 30.9 Å². The highest BCUT2D eigenvalue weighted by Gasteiger charge is 2.12. The maximum absolute atomic E-state index is 5.77. The molecule has 1 rings (SSSR count). The molecule has 1 unspecified atom stereocenters. The number of thioether (sulfide) groups is 1. The summed E-state index contributed by atoms with van der Waals surface area (Å²) in [7, 11) is 2.13. The molecular weight excluding hydrogens is 284 g/mol. The largest absolute Gasteiger partial charge is 0.371 e. The van der Waals surface area contributed by atoms with E-state index in [0.29, 0.717) is 12.6 Å². The van der Waals surface area contributed by atoms with E-state index < -0.39 is 0 Å². The maximum Gasteiger partial charge on any atom is 0.0423 e. The standard InChI is InChI=1S/C12H19BrN2S/c1-9(8-16-3)15(2)12-6-11(13)5-4-10(12)7-14/h4-6,9H,7-8,14H2,1-3H3. The van der Waals surface area contributed by atoms with Crippen molar-refractivity contribution >= 4 is 33.4 Å². The fraction of sp³-hybridized carbons (Fsp3) is 0.500. The van der Waals surface area contributed by atoms with Gasteiger partial charge < -0.3 is 10.6 Å². The molecule has 2 N–H and O–H groups in total. The highest BCUT2D eigenvalue weighted by Crippen LogP contribution is 2.26. The first kappa shape index (κ1) is 13.9. The lowest BCUT2D eigenvalue weighted by molar-refractivity contribution is 0.759. The molecule has 0 radical (unpaired) electrons. The Balaban J connectivity index is 2.96. The van der Waals surface area contributed by atoms with Gasteiger partial charge >= 0.3 is 0 Å². The van der Waals surface area contributed by atoms with E-state index in [1.807, 2.05) is 17.8 Å². The fourth-order valence-corrected chi connectivity index (χ4v) is 2.68. The van der Waals surface area contributed by atoms with Crippen LogP contribution in [0.25, 0.3) is 0 Å². The van der Waals surface area contributed by atoms with Crippen LogP contribution in [0.3, 0.4) is 0 Å². The zero-order chi connectivity index (χ0) is 12.1. The summed E-state index contributed by atoms with van der Waals surface area (Å²) in [4.78, 5) is 2.30. The van der Waals surface area contributed by atoms with Crippen molar-refractivity contribution < 1.29 is 0 Å². The number of hydrogen-bond donors (Lipinski definition) is 1. The molecule has 0 aromatic heterocycles. The van der Waals surface area contributed by atoms with E-state index in [-0.39, 0.29) is 0 Å². The second-order valence-electron chi connectivity index (χ2n) is 3.89. The van der Waals surface area contributed by atoms with Crippen LogP contribution in [0.4, 0.5) is 5.69 Å². The Morgan fingerprint density at radius 3 is 2.75 bits per heavy atom. The molecule has 0 saturated carbocycles. The average molecular weight is 303 g/mol. The Hall–Kier alpha value is -0.190. The third-order valence-electron chi connectivity index (χ3n) is 2.72. The third-order valence-corrected chi connectivity index (χ3v) is 4.03. The van der Waals surface area contributed by atoms with Crippen LogP contribution in [0.15, 0.2) is 22.7 Å². The second kappa shape index (κ2) is 6.52. The van der Waals surface area contributed by atoms with E-state index in [0.717, 1.165) is 10.2 Å². The van der Waals surface area contributed by atoms with E-state index in [2.05, 4.69) is 53.2 Å². The van der Waals surface area contributed by atoms with Gasteiger partial charge in [0.25, 0.3) is 0 Å². The number of halogens is 1. The Morgan fingerprint density at radius 1 is 1.50 bits per heavy atom. The minimum absolute atomic E-state index is 0.509. The summed E-state index contributed by atoms with van der Waals surface area (Å²) in [5.41, 5.74) is 8.18. The molecule has 1 atom stereocenters. The minimum atomic E-state index is 0.509. The van der Waals surface area contributed by atoms with Gasteiger partial charge in [-0.2, -0.15) is 11.8 Å². The Morgan fingerprint density at radius 2 is 2.19 bits per heavy atom. The van der Waals surface area contributed by atoms with Gasteiger partial charge in [0.2, 0.25) is 0 Å². The lowest BCUT2D eigenvalue weighted by Crippen LogP contribution is -2.31. The molecule has 0 bridgehead atoms. The van der Waals surface area contributed by atoms with Gasteiger partial charge in [-0.3, -0.25) is 0 Å². The van der Waals surface area contributed by atoms with Gasteiger partial charge in [0.1, 0.15) is 0 Å². The van der Waals surface area contributed by atoms with Crippen molar-refractivity contribution in [1.82, 2.24) is 0 Å². The molecule has 0 heterocycles. The van der Waals surface area contributed by atoms with Crippen LogP contribution in [0, 0.1) is 0 Å². The minimum Gasteiger partial charge on any atom is -0.371 e. The molecule has 16 heavy (non-hydrogen) atoms. The third kappa shape index (κ3) is 3.40. The molecular formula is C12H19BrN2S. The topological polar surface area (TPSA) is 29.3 Å². The predicted octanol–water partition coefficient (Wildman–Crippen LogP) is 3.10.